The molecule has 1 aromatic rings. The van der Waals surface area contributed by atoms with Gasteiger partial charge in [-0.1, -0.05) is 36.4 Å². The number of ether oxygens (including phenoxy) is 1. The van der Waals surface area contributed by atoms with Crippen molar-refractivity contribution in [2.24, 2.45) is 0 Å². The van der Waals surface area contributed by atoms with E-state index in [4.69, 9.17) is 16.3 Å². The van der Waals surface area contributed by atoms with Gasteiger partial charge in [-0.25, -0.2) is 0 Å². The molecular weight excluding hydrogens is 288 g/mol. The van der Waals surface area contributed by atoms with Crippen molar-refractivity contribution in [3.05, 3.63) is 47.5 Å². The number of carbonyl (C=O) groups is 1. The van der Waals surface area contributed by atoms with Gasteiger partial charge in [0, 0.05) is 6.42 Å². The number of carbonyl (C=O) groups excluding carboxylic acids is 1. The third-order valence-corrected chi connectivity index (χ3v) is 4.00. The minimum atomic E-state index is -0.808. The first-order chi connectivity index (χ1) is 10.2. The lowest BCUT2D eigenvalue weighted by atomic mass is 9.92. The number of aliphatic hydroxyl groups excluding tert-OH is 1. The summed E-state index contributed by atoms with van der Waals surface area (Å²) in [6.07, 6.45) is 4.21. The number of benzene rings is 1. The molecule has 114 valence electrons. The zero-order chi connectivity index (χ0) is 15.1. The SMILES string of the molecule is O=C1CCCC/C1=C/[C@@H](Cl)[C@@H](O)COCc1ccccc1. The quantitative estimate of drug-likeness (QED) is 0.648. The molecule has 21 heavy (non-hydrogen) atoms. The standard InChI is InChI=1S/C17H21ClO3/c18-15(10-14-8-4-5-9-16(14)19)17(20)12-21-11-13-6-2-1-3-7-13/h1-3,6-7,10,15,17,20H,4-5,8-9,11-12H2/b14-10-/t15-,17+/m1/s1. The Morgan fingerprint density at radius 3 is 2.67 bits per heavy atom. The molecule has 0 bridgehead atoms. The van der Waals surface area contributed by atoms with E-state index in [-0.39, 0.29) is 12.4 Å². The van der Waals surface area contributed by atoms with Crippen LogP contribution in [0.2, 0.25) is 0 Å². The molecular formula is C17H21ClO3. The Hall–Kier alpha value is -1.16. The Labute approximate surface area is 130 Å². The number of alkyl halides is 1. The number of hydrogen-bond donors (Lipinski definition) is 1. The lowest BCUT2D eigenvalue weighted by Gasteiger charge is -2.18. The molecule has 0 spiro atoms. The van der Waals surface area contributed by atoms with Crippen LogP contribution in [0.5, 0.6) is 0 Å². The van der Waals surface area contributed by atoms with Crippen molar-refractivity contribution in [3.63, 3.8) is 0 Å². The fourth-order valence-corrected chi connectivity index (χ4v) is 2.57. The van der Waals surface area contributed by atoms with Crippen molar-refractivity contribution in [3.8, 4) is 0 Å². The predicted octanol–water partition coefficient (Wildman–Crippen LogP) is 3.24. The van der Waals surface area contributed by atoms with E-state index >= 15 is 0 Å². The minimum Gasteiger partial charge on any atom is -0.389 e. The molecule has 0 aromatic heterocycles. The van der Waals surface area contributed by atoms with E-state index in [9.17, 15) is 9.90 Å². The second kappa shape index (κ2) is 8.32. The normalized spacial score (nSPS) is 20.5. The predicted molar refractivity (Wildman–Crippen MR) is 83.3 cm³/mol. The Morgan fingerprint density at radius 1 is 1.24 bits per heavy atom. The summed E-state index contributed by atoms with van der Waals surface area (Å²) in [6.45, 7) is 0.595. The summed E-state index contributed by atoms with van der Waals surface area (Å²) in [6, 6.07) is 9.76. The topological polar surface area (TPSA) is 46.5 Å². The second-order valence-electron chi connectivity index (χ2n) is 5.33. The maximum Gasteiger partial charge on any atom is 0.158 e. The highest BCUT2D eigenvalue weighted by Gasteiger charge is 2.20. The summed E-state index contributed by atoms with van der Waals surface area (Å²) in [5, 5.41) is 9.41. The lowest BCUT2D eigenvalue weighted by Crippen LogP contribution is -2.26. The van der Waals surface area contributed by atoms with Crippen LogP contribution in [0.1, 0.15) is 31.2 Å². The number of halogens is 1. The van der Waals surface area contributed by atoms with Gasteiger partial charge in [-0.3, -0.25) is 4.79 Å². The van der Waals surface area contributed by atoms with Crippen LogP contribution in [0.3, 0.4) is 0 Å². The summed E-state index contributed by atoms with van der Waals surface area (Å²) in [7, 11) is 0. The Balaban J connectivity index is 1.78. The van der Waals surface area contributed by atoms with Crippen molar-refractivity contribution in [2.45, 2.75) is 43.8 Å². The van der Waals surface area contributed by atoms with Crippen LogP contribution in [0.15, 0.2) is 42.0 Å². The molecule has 1 aromatic carbocycles. The number of allylic oxidation sites excluding steroid dienone is 1. The van der Waals surface area contributed by atoms with Gasteiger partial charge in [0.1, 0.15) is 0 Å². The zero-order valence-corrected chi connectivity index (χ0v) is 12.8. The molecule has 1 fully saturated rings. The molecule has 4 heteroatoms. The van der Waals surface area contributed by atoms with Crippen molar-refractivity contribution in [1.29, 1.82) is 0 Å². The Morgan fingerprint density at radius 2 is 1.95 bits per heavy atom. The highest BCUT2D eigenvalue weighted by Crippen LogP contribution is 2.22. The number of rotatable bonds is 6. The van der Waals surface area contributed by atoms with E-state index in [2.05, 4.69) is 0 Å². The average molecular weight is 309 g/mol. The highest BCUT2D eigenvalue weighted by atomic mass is 35.5. The maximum atomic E-state index is 11.7. The van der Waals surface area contributed by atoms with Crippen LogP contribution >= 0.6 is 11.6 Å². The third-order valence-electron chi connectivity index (χ3n) is 3.59. The van der Waals surface area contributed by atoms with E-state index < -0.39 is 11.5 Å². The Kier molecular flexibility index (Phi) is 6.43. The molecule has 1 aliphatic carbocycles. The fourth-order valence-electron chi connectivity index (χ4n) is 2.34. The number of ketones is 1. The second-order valence-corrected chi connectivity index (χ2v) is 5.84. The molecule has 0 saturated heterocycles. The van der Waals surface area contributed by atoms with Gasteiger partial charge in [-0.15, -0.1) is 11.6 Å². The van der Waals surface area contributed by atoms with E-state index in [1.54, 1.807) is 6.08 Å². The largest absolute Gasteiger partial charge is 0.389 e. The summed E-state index contributed by atoms with van der Waals surface area (Å²) < 4.78 is 5.47. The maximum absolute atomic E-state index is 11.7. The molecule has 3 nitrogen and oxygen atoms in total. The lowest BCUT2D eigenvalue weighted by molar-refractivity contribution is -0.116. The molecule has 0 amide bonds. The number of Topliss-reactive ketones (excluding diaryl/α,β-unsaturated/α-hetero) is 1. The van der Waals surface area contributed by atoms with Crippen molar-refractivity contribution in [1.82, 2.24) is 0 Å². The van der Waals surface area contributed by atoms with Gasteiger partial charge in [-0.05, 0) is 30.4 Å². The molecule has 0 aliphatic heterocycles. The third kappa shape index (κ3) is 5.27. The highest BCUT2D eigenvalue weighted by molar-refractivity contribution is 6.22. The van der Waals surface area contributed by atoms with E-state index in [0.29, 0.717) is 13.0 Å². The van der Waals surface area contributed by atoms with Crippen LogP contribution in [0.4, 0.5) is 0 Å². The molecule has 0 radical (unpaired) electrons. The average Bonchev–Trinajstić information content (AvgIpc) is 2.50. The van der Waals surface area contributed by atoms with Crippen LogP contribution in [-0.2, 0) is 16.1 Å². The van der Waals surface area contributed by atoms with Crippen molar-refractivity contribution >= 4 is 17.4 Å². The smallest absolute Gasteiger partial charge is 0.158 e. The Bertz CT molecular complexity index is 484. The first kappa shape index (κ1) is 16.2. The van der Waals surface area contributed by atoms with Crippen LogP contribution in [0.25, 0.3) is 0 Å². The van der Waals surface area contributed by atoms with Gasteiger partial charge in [0.05, 0.1) is 24.7 Å². The fraction of sp³-hybridized carbons (Fsp3) is 0.471. The van der Waals surface area contributed by atoms with E-state index in [1.165, 1.54) is 0 Å². The van der Waals surface area contributed by atoms with Gasteiger partial charge in [-0.2, -0.15) is 0 Å². The first-order valence-corrected chi connectivity index (χ1v) is 7.78. The minimum absolute atomic E-state index is 0.154. The summed E-state index contributed by atoms with van der Waals surface area (Å²) in [5.41, 5.74) is 1.81. The molecule has 1 saturated carbocycles. The molecule has 2 atom stereocenters. The monoisotopic (exact) mass is 308 g/mol. The van der Waals surface area contributed by atoms with E-state index in [0.717, 1.165) is 30.4 Å². The molecule has 0 unspecified atom stereocenters. The zero-order valence-electron chi connectivity index (χ0n) is 12.0. The molecule has 1 aliphatic rings. The van der Waals surface area contributed by atoms with Gasteiger partial charge >= 0.3 is 0 Å². The van der Waals surface area contributed by atoms with Crippen molar-refractivity contribution in [2.75, 3.05) is 6.61 Å². The number of aliphatic hydroxyl groups is 1. The summed E-state index contributed by atoms with van der Waals surface area (Å²) >= 11 is 6.15. The van der Waals surface area contributed by atoms with Crippen LogP contribution in [0, 0.1) is 0 Å². The van der Waals surface area contributed by atoms with Gasteiger partial charge in [0.15, 0.2) is 5.78 Å². The van der Waals surface area contributed by atoms with Crippen molar-refractivity contribution < 1.29 is 14.6 Å². The molecule has 1 N–H and O–H groups in total. The van der Waals surface area contributed by atoms with Crippen LogP contribution in [-0.4, -0.2) is 29.0 Å². The summed E-state index contributed by atoms with van der Waals surface area (Å²) in [4.78, 5) is 11.7. The first-order valence-electron chi connectivity index (χ1n) is 7.34. The van der Waals surface area contributed by atoms with Gasteiger partial charge < -0.3 is 9.84 Å². The van der Waals surface area contributed by atoms with Gasteiger partial charge in [0.2, 0.25) is 0 Å². The van der Waals surface area contributed by atoms with Gasteiger partial charge in [0.25, 0.3) is 0 Å². The summed E-state index contributed by atoms with van der Waals surface area (Å²) in [5.74, 6) is 0.157. The van der Waals surface area contributed by atoms with Crippen LogP contribution < -0.4 is 0 Å². The molecule has 2 rings (SSSR count). The van der Waals surface area contributed by atoms with E-state index in [1.807, 2.05) is 30.3 Å². The molecule has 0 heterocycles. The number of hydrogen-bond acceptors (Lipinski definition) is 3.